The van der Waals surface area contributed by atoms with Crippen molar-refractivity contribution in [1.29, 1.82) is 0 Å². The fourth-order valence-electron chi connectivity index (χ4n) is 2.46. The van der Waals surface area contributed by atoms with Gasteiger partial charge in [-0.05, 0) is 18.2 Å². The molecule has 0 aliphatic carbocycles. The lowest BCUT2D eigenvalue weighted by molar-refractivity contribution is -0.117. The molecule has 18 heavy (non-hydrogen) atoms. The lowest BCUT2D eigenvalue weighted by Gasteiger charge is -2.16. The van der Waals surface area contributed by atoms with Crippen LogP contribution in [0.3, 0.4) is 0 Å². The van der Waals surface area contributed by atoms with Crippen molar-refractivity contribution in [3.63, 3.8) is 0 Å². The molecule has 5 nitrogen and oxygen atoms in total. The third-order valence-electron chi connectivity index (χ3n) is 3.38. The molecule has 3 rings (SSSR count). The van der Waals surface area contributed by atoms with Gasteiger partial charge in [0.05, 0.1) is 5.52 Å². The lowest BCUT2D eigenvalue weighted by atomic mass is 10.1. The monoisotopic (exact) mass is 245 g/mol. The van der Waals surface area contributed by atoms with Gasteiger partial charge in [-0.2, -0.15) is 5.10 Å². The summed E-state index contributed by atoms with van der Waals surface area (Å²) in [6.07, 6.45) is 2.37. The molecule has 1 amide bonds. The van der Waals surface area contributed by atoms with Crippen LogP contribution in [0.5, 0.6) is 0 Å². The zero-order valence-corrected chi connectivity index (χ0v) is 10.2. The molecule has 2 aromatic rings. The molecule has 0 bridgehead atoms. The molecule has 94 valence electrons. The molecule has 1 atom stereocenters. The minimum Gasteiger partial charge on any atom is -0.396 e. The van der Waals surface area contributed by atoms with Crippen molar-refractivity contribution in [1.82, 2.24) is 9.78 Å². The first-order chi connectivity index (χ1) is 8.67. The number of benzene rings is 1. The molecule has 0 radical (unpaired) electrons. The molecular formula is C13H15N3O2. The largest absolute Gasteiger partial charge is 0.396 e. The van der Waals surface area contributed by atoms with Crippen molar-refractivity contribution in [2.75, 3.05) is 18.1 Å². The summed E-state index contributed by atoms with van der Waals surface area (Å²) in [6.45, 7) is 0.665. The molecule has 1 aromatic heterocycles. The number of hydrogen-bond donors (Lipinski definition) is 1. The van der Waals surface area contributed by atoms with Gasteiger partial charge in [0.25, 0.3) is 0 Å². The van der Waals surface area contributed by atoms with E-state index in [-0.39, 0.29) is 18.4 Å². The van der Waals surface area contributed by atoms with Crippen molar-refractivity contribution >= 4 is 22.5 Å². The first-order valence-corrected chi connectivity index (χ1v) is 6.02. The van der Waals surface area contributed by atoms with E-state index < -0.39 is 0 Å². The second-order valence-electron chi connectivity index (χ2n) is 4.80. The normalized spacial score (nSPS) is 20.0. The summed E-state index contributed by atoms with van der Waals surface area (Å²) < 4.78 is 1.76. The minimum absolute atomic E-state index is 0.0575. The molecule has 1 fully saturated rings. The fraction of sp³-hybridized carbons (Fsp3) is 0.385. The van der Waals surface area contributed by atoms with Crippen LogP contribution in [0.1, 0.15) is 6.42 Å². The van der Waals surface area contributed by atoms with Crippen LogP contribution in [0.15, 0.2) is 24.4 Å². The number of aromatic nitrogens is 2. The van der Waals surface area contributed by atoms with E-state index >= 15 is 0 Å². The molecule has 1 aliphatic heterocycles. The number of anilines is 1. The SMILES string of the molecule is Cn1cc2cc(N3CC(CO)CC3=O)ccc2n1. The molecule has 1 unspecified atom stereocenters. The summed E-state index contributed by atoms with van der Waals surface area (Å²) in [4.78, 5) is 13.6. The molecule has 5 heteroatoms. The Morgan fingerprint density at radius 3 is 3.06 bits per heavy atom. The van der Waals surface area contributed by atoms with Gasteiger partial charge in [0.15, 0.2) is 0 Å². The molecule has 1 aliphatic rings. The Morgan fingerprint density at radius 2 is 2.33 bits per heavy atom. The third-order valence-corrected chi connectivity index (χ3v) is 3.38. The number of carbonyl (C=O) groups excluding carboxylic acids is 1. The number of nitrogens with zero attached hydrogens (tertiary/aromatic N) is 3. The third kappa shape index (κ3) is 1.76. The molecular weight excluding hydrogens is 230 g/mol. The van der Waals surface area contributed by atoms with Gasteiger partial charge >= 0.3 is 0 Å². The number of carbonyl (C=O) groups is 1. The number of aliphatic hydroxyl groups excluding tert-OH is 1. The molecule has 1 saturated heterocycles. The van der Waals surface area contributed by atoms with Crippen molar-refractivity contribution in [2.24, 2.45) is 13.0 Å². The maximum Gasteiger partial charge on any atom is 0.227 e. The van der Waals surface area contributed by atoms with Gasteiger partial charge in [0, 0.05) is 49.8 Å². The number of aryl methyl sites for hydroxylation is 1. The Hall–Kier alpha value is -1.88. The molecule has 2 heterocycles. The Bertz CT molecular complexity index is 605. The highest BCUT2D eigenvalue weighted by molar-refractivity contribution is 5.97. The van der Waals surface area contributed by atoms with E-state index in [0.29, 0.717) is 13.0 Å². The number of hydrogen-bond acceptors (Lipinski definition) is 3. The highest BCUT2D eigenvalue weighted by atomic mass is 16.3. The minimum atomic E-state index is 0.0575. The smallest absolute Gasteiger partial charge is 0.227 e. The topological polar surface area (TPSA) is 58.4 Å². The van der Waals surface area contributed by atoms with Crippen molar-refractivity contribution in [3.8, 4) is 0 Å². The van der Waals surface area contributed by atoms with Crippen LogP contribution >= 0.6 is 0 Å². The second kappa shape index (κ2) is 4.10. The first-order valence-electron chi connectivity index (χ1n) is 6.02. The van der Waals surface area contributed by atoms with Crippen molar-refractivity contribution < 1.29 is 9.90 Å². The van der Waals surface area contributed by atoms with Crippen LogP contribution < -0.4 is 4.90 Å². The summed E-state index contributed by atoms with van der Waals surface area (Å²) in [7, 11) is 1.88. The summed E-state index contributed by atoms with van der Waals surface area (Å²) in [5, 5.41) is 14.5. The predicted molar refractivity (Wildman–Crippen MR) is 68.3 cm³/mol. The number of aliphatic hydroxyl groups is 1. The summed E-state index contributed by atoms with van der Waals surface area (Å²) in [6, 6.07) is 5.80. The van der Waals surface area contributed by atoms with Gasteiger partial charge in [-0.15, -0.1) is 0 Å². The summed E-state index contributed by atoms with van der Waals surface area (Å²) in [5.74, 6) is 0.138. The van der Waals surface area contributed by atoms with E-state index in [1.165, 1.54) is 0 Å². The van der Waals surface area contributed by atoms with E-state index in [1.54, 1.807) is 9.58 Å². The van der Waals surface area contributed by atoms with Gasteiger partial charge in [-0.1, -0.05) is 0 Å². The standard InChI is InChI=1S/C13H15N3O2/c1-15-7-10-5-11(2-3-12(10)14-15)16-6-9(8-17)4-13(16)18/h2-3,5,7,9,17H,4,6,8H2,1H3. The van der Waals surface area contributed by atoms with Gasteiger partial charge in [0.2, 0.25) is 5.91 Å². The van der Waals surface area contributed by atoms with Crippen LogP contribution in [0, 0.1) is 5.92 Å². The molecule has 0 saturated carbocycles. The Morgan fingerprint density at radius 1 is 1.50 bits per heavy atom. The Kier molecular flexibility index (Phi) is 2.56. The van der Waals surface area contributed by atoms with Gasteiger partial charge in [-0.3, -0.25) is 9.48 Å². The maximum atomic E-state index is 11.9. The highest BCUT2D eigenvalue weighted by Gasteiger charge is 2.30. The predicted octanol–water partition coefficient (Wildman–Crippen LogP) is 0.919. The average Bonchev–Trinajstić information content (AvgIpc) is 2.89. The van der Waals surface area contributed by atoms with E-state index in [4.69, 9.17) is 5.11 Å². The van der Waals surface area contributed by atoms with Crippen molar-refractivity contribution in [2.45, 2.75) is 6.42 Å². The van der Waals surface area contributed by atoms with Gasteiger partial charge in [0.1, 0.15) is 0 Å². The van der Waals surface area contributed by atoms with E-state index in [0.717, 1.165) is 16.6 Å². The van der Waals surface area contributed by atoms with E-state index in [9.17, 15) is 4.79 Å². The molecule has 0 spiro atoms. The first kappa shape index (κ1) is 11.2. The number of amides is 1. The van der Waals surface area contributed by atoms with Crippen LogP contribution in [-0.4, -0.2) is 33.9 Å². The van der Waals surface area contributed by atoms with Crippen LogP contribution in [0.2, 0.25) is 0 Å². The van der Waals surface area contributed by atoms with Gasteiger partial charge in [-0.25, -0.2) is 0 Å². The van der Waals surface area contributed by atoms with Crippen LogP contribution in [0.25, 0.3) is 10.9 Å². The van der Waals surface area contributed by atoms with Crippen molar-refractivity contribution in [3.05, 3.63) is 24.4 Å². The van der Waals surface area contributed by atoms with Crippen LogP contribution in [-0.2, 0) is 11.8 Å². The zero-order chi connectivity index (χ0) is 12.7. The quantitative estimate of drug-likeness (QED) is 0.856. The summed E-state index contributed by atoms with van der Waals surface area (Å²) in [5.41, 5.74) is 1.81. The molecule has 1 N–H and O–H groups in total. The second-order valence-corrected chi connectivity index (χ2v) is 4.80. The number of rotatable bonds is 2. The highest BCUT2D eigenvalue weighted by Crippen LogP contribution is 2.27. The van der Waals surface area contributed by atoms with E-state index in [2.05, 4.69) is 5.10 Å². The number of fused-ring (bicyclic) bond motifs is 1. The average molecular weight is 245 g/mol. The molecule has 1 aromatic carbocycles. The lowest BCUT2D eigenvalue weighted by Crippen LogP contribution is -2.24. The summed E-state index contributed by atoms with van der Waals surface area (Å²) >= 11 is 0. The fourth-order valence-corrected chi connectivity index (χ4v) is 2.46. The Balaban J connectivity index is 1.96. The Labute approximate surface area is 105 Å². The van der Waals surface area contributed by atoms with Crippen LogP contribution in [0.4, 0.5) is 5.69 Å². The van der Waals surface area contributed by atoms with Gasteiger partial charge < -0.3 is 10.0 Å². The zero-order valence-electron chi connectivity index (χ0n) is 10.2. The maximum absolute atomic E-state index is 11.9. The van der Waals surface area contributed by atoms with E-state index in [1.807, 2.05) is 31.4 Å².